The van der Waals surface area contributed by atoms with Gasteiger partial charge in [0.2, 0.25) is 0 Å². The highest BCUT2D eigenvalue weighted by atomic mass is 16.5. The highest BCUT2D eigenvalue weighted by Gasteiger charge is 2.32. The number of aromatic amines is 1. The number of hydrogen-bond donors (Lipinski definition) is 2. The quantitative estimate of drug-likeness (QED) is 0.864. The molecule has 0 radical (unpaired) electrons. The van der Waals surface area contributed by atoms with Crippen LogP contribution >= 0.6 is 0 Å². The number of carbonyl (C=O) groups is 1. The van der Waals surface area contributed by atoms with E-state index in [1.165, 1.54) is 12.8 Å². The van der Waals surface area contributed by atoms with Gasteiger partial charge in [-0.1, -0.05) is 18.2 Å². The van der Waals surface area contributed by atoms with E-state index in [2.05, 4.69) is 10.3 Å². The number of benzene rings is 1. The maximum atomic E-state index is 12.4. The maximum absolute atomic E-state index is 12.4. The van der Waals surface area contributed by atoms with Crippen molar-refractivity contribution < 1.29 is 9.53 Å². The number of amides is 1. The number of fused-ring (bicyclic) bond motifs is 1. The number of nitrogens with one attached hydrogen (secondary N) is 2. The second kappa shape index (κ2) is 5.05. The molecule has 100 valence electrons. The van der Waals surface area contributed by atoms with Gasteiger partial charge in [0.05, 0.1) is 18.2 Å². The molecular formula is C15H18N2O2. The molecule has 1 fully saturated rings. The van der Waals surface area contributed by atoms with Crippen LogP contribution in [-0.2, 0) is 4.74 Å². The molecule has 1 saturated carbocycles. The highest BCUT2D eigenvalue weighted by molar-refractivity contribution is 6.06. The summed E-state index contributed by atoms with van der Waals surface area (Å²) in [5.74, 6) is 0.556. The minimum absolute atomic E-state index is 0.0219. The van der Waals surface area contributed by atoms with E-state index in [1.54, 1.807) is 13.3 Å². The van der Waals surface area contributed by atoms with E-state index in [9.17, 15) is 4.79 Å². The molecule has 4 heteroatoms. The van der Waals surface area contributed by atoms with E-state index in [1.807, 2.05) is 24.3 Å². The molecule has 1 atom stereocenters. The summed E-state index contributed by atoms with van der Waals surface area (Å²) in [4.78, 5) is 15.5. The van der Waals surface area contributed by atoms with Crippen LogP contribution < -0.4 is 5.32 Å². The van der Waals surface area contributed by atoms with Gasteiger partial charge in [0.25, 0.3) is 5.91 Å². The first-order valence-corrected chi connectivity index (χ1v) is 6.65. The van der Waals surface area contributed by atoms with Crippen molar-refractivity contribution in [2.45, 2.75) is 18.9 Å². The van der Waals surface area contributed by atoms with E-state index in [0.29, 0.717) is 18.1 Å². The Morgan fingerprint density at radius 2 is 2.26 bits per heavy atom. The Labute approximate surface area is 112 Å². The molecule has 0 unspecified atom stereocenters. The van der Waals surface area contributed by atoms with Crippen LogP contribution in [0.15, 0.2) is 30.5 Å². The molecule has 1 heterocycles. The zero-order chi connectivity index (χ0) is 13.2. The Hall–Kier alpha value is -1.81. The lowest BCUT2D eigenvalue weighted by atomic mass is 10.1. The van der Waals surface area contributed by atoms with Crippen LogP contribution in [0.1, 0.15) is 23.2 Å². The summed E-state index contributed by atoms with van der Waals surface area (Å²) in [7, 11) is 1.67. The molecule has 0 aliphatic heterocycles. The number of ether oxygens (including phenoxy) is 1. The fourth-order valence-electron chi connectivity index (χ4n) is 2.48. The Balaban J connectivity index is 1.79. The van der Waals surface area contributed by atoms with E-state index in [-0.39, 0.29) is 11.9 Å². The first kappa shape index (κ1) is 12.2. The molecule has 3 rings (SSSR count). The lowest BCUT2D eigenvalue weighted by Crippen LogP contribution is -2.39. The van der Waals surface area contributed by atoms with Crippen molar-refractivity contribution in [2.75, 3.05) is 13.7 Å². The van der Waals surface area contributed by atoms with Gasteiger partial charge in [-0.2, -0.15) is 0 Å². The highest BCUT2D eigenvalue weighted by Crippen LogP contribution is 2.33. The van der Waals surface area contributed by atoms with Crippen LogP contribution in [0.4, 0.5) is 0 Å². The van der Waals surface area contributed by atoms with Crippen LogP contribution in [0.3, 0.4) is 0 Å². The van der Waals surface area contributed by atoms with E-state index < -0.39 is 0 Å². The second-order valence-electron chi connectivity index (χ2n) is 5.12. The zero-order valence-electron chi connectivity index (χ0n) is 11.0. The van der Waals surface area contributed by atoms with Crippen molar-refractivity contribution in [3.05, 3.63) is 36.0 Å². The molecule has 0 spiro atoms. The second-order valence-corrected chi connectivity index (χ2v) is 5.12. The molecule has 19 heavy (non-hydrogen) atoms. The summed E-state index contributed by atoms with van der Waals surface area (Å²) in [5.41, 5.74) is 1.69. The first-order chi connectivity index (χ1) is 9.29. The number of rotatable bonds is 5. The minimum atomic E-state index is -0.0219. The molecule has 1 amide bonds. The van der Waals surface area contributed by atoms with Gasteiger partial charge in [-0.05, 0) is 24.8 Å². The standard InChI is InChI=1S/C15H18N2O2/c1-19-9-14(10-6-7-10)17-15(18)12-8-16-13-5-3-2-4-11(12)13/h2-5,8,10,14,16H,6-7,9H2,1H3,(H,17,18)/t14-/m0/s1. The van der Waals surface area contributed by atoms with Gasteiger partial charge in [0.15, 0.2) is 0 Å². The first-order valence-electron chi connectivity index (χ1n) is 6.65. The van der Waals surface area contributed by atoms with Gasteiger partial charge in [0, 0.05) is 24.2 Å². The summed E-state index contributed by atoms with van der Waals surface area (Å²) in [5, 5.41) is 4.06. The largest absolute Gasteiger partial charge is 0.383 e. The molecule has 0 saturated heterocycles. The summed E-state index contributed by atoms with van der Waals surface area (Å²) in [6, 6.07) is 7.97. The van der Waals surface area contributed by atoms with Gasteiger partial charge < -0.3 is 15.0 Å². The van der Waals surface area contributed by atoms with Gasteiger partial charge in [0.1, 0.15) is 0 Å². The Morgan fingerprint density at radius 1 is 1.47 bits per heavy atom. The van der Waals surface area contributed by atoms with Crippen molar-refractivity contribution in [1.29, 1.82) is 0 Å². The molecule has 0 bridgehead atoms. The average molecular weight is 258 g/mol. The molecule has 1 aliphatic rings. The maximum Gasteiger partial charge on any atom is 0.253 e. The monoisotopic (exact) mass is 258 g/mol. The van der Waals surface area contributed by atoms with Crippen molar-refractivity contribution in [3.8, 4) is 0 Å². The van der Waals surface area contributed by atoms with Crippen LogP contribution in [0.5, 0.6) is 0 Å². The van der Waals surface area contributed by atoms with Crippen molar-refractivity contribution in [2.24, 2.45) is 5.92 Å². The van der Waals surface area contributed by atoms with Gasteiger partial charge in [-0.25, -0.2) is 0 Å². The summed E-state index contributed by atoms with van der Waals surface area (Å²) >= 11 is 0. The molecular weight excluding hydrogens is 240 g/mol. The molecule has 1 aromatic heterocycles. The lowest BCUT2D eigenvalue weighted by Gasteiger charge is -2.16. The minimum Gasteiger partial charge on any atom is -0.383 e. The third kappa shape index (κ3) is 2.49. The SMILES string of the molecule is COC[C@H](NC(=O)c1c[nH]c2ccccc12)C1CC1. The summed E-state index contributed by atoms with van der Waals surface area (Å²) < 4.78 is 5.19. The Morgan fingerprint density at radius 3 is 3.00 bits per heavy atom. The van der Waals surface area contributed by atoms with Gasteiger partial charge >= 0.3 is 0 Å². The van der Waals surface area contributed by atoms with Gasteiger partial charge in [-0.3, -0.25) is 4.79 Å². The van der Waals surface area contributed by atoms with Crippen molar-refractivity contribution in [3.63, 3.8) is 0 Å². The van der Waals surface area contributed by atoms with Crippen LogP contribution in [-0.4, -0.2) is 30.6 Å². The third-order valence-corrected chi connectivity index (χ3v) is 3.69. The number of methoxy groups -OCH3 is 1. The summed E-state index contributed by atoms with van der Waals surface area (Å²) in [6.07, 6.45) is 4.14. The predicted octanol–water partition coefficient (Wildman–Crippen LogP) is 2.32. The number of carbonyl (C=O) groups excluding carboxylic acids is 1. The molecule has 1 aromatic carbocycles. The van der Waals surface area contributed by atoms with Crippen molar-refractivity contribution >= 4 is 16.8 Å². The predicted molar refractivity (Wildman–Crippen MR) is 74.2 cm³/mol. The molecule has 2 aromatic rings. The van der Waals surface area contributed by atoms with E-state index in [0.717, 1.165) is 10.9 Å². The number of H-pyrrole nitrogens is 1. The topological polar surface area (TPSA) is 54.1 Å². The summed E-state index contributed by atoms with van der Waals surface area (Å²) in [6.45, 7) is 0.582. The van der Waals surface area contributed by atoms with Crippen LogP contribution in [0, 0.1) is 5.92 Å². The van der Waals surface area contributed by atoms with Crippen molar-refractivity contribution in [1.82, 2.24) is 10.3 Å². The lowest BCUT2D eigenvalue weighted by molar-refractivity contribution is 0.0886. The Kier molecular flexibility index (Phi) is 3.25. The molecule has 4 nitrogen and oxygen atoms in total. The van der Waals surface area contributed by atoms with E-state index >= 15 is 0 Å². The van der Waals surface area contributed by atoms with Crippen LogP contribution in [0.2, 0.25) is 0 Å². The average Bonchev–Trinajstić information content (AvgIpc) is 3.17. The molecule has 1 aliphatic carbocycles. The fourth-order valence-corrected chi connectivity index (χ4v) is 2.48. The number of aromatic nitrogens is 1. The zero-order valence-corrected chi connectivity index (χ0v) is 11.0. The number of hydrogen-bond acceptors (Lipinski definition) is 2. The smallest absolute Gasteiger partial charge is 0.253 e. The molecule has 2 N–H and O–H groups in total. The third-order valence-electron chi connectivity index (χ3n) is 3.69. The normalized spacial score (nSPS) is 16.5. The van der Waals surface area contributed by atoms with Gasteiger partial charge in [-0.15, -0.1) is 0 Å². The Bertz CT molecular complexity index is 587. The van der Waals surface area contributed by atoms with Crippen LogP contribution in [0.25, 0.3) is 10.9 Å². The number of para-hydroxylation sites is 1. The fraction of sp³-hybridized carbons (Fsp3) is 0.400. The van der Waals surface area contributed by atoms with E-state index in [4.69, 9.17) is 4.74 Å².